The SMILES string of the molecule is COCCNC(=O)CNC(C)c1cc(F)c(C)cc1F. The van der Waals surface area contributed by atoms with E-state index in [2.05, 4.69) is 10.6 Å². The summed E-state index contributed by atoms with van der Waals surface area (Å²) in [7, 11) is 1.54. The number of ether oxygens (including phenoxy) is 1. The van der Waals surface area contributed by atoms with Gasteiger partial charge in [-0.05, 0) is 31.5 Å². The first-order valence-corrected chi connectivity index (χ1v) is 6.40. The van der Waals surface area contributed by atoms with Gasteiger partial charge in [0.2, 0.25) is 5.91 Å². The van der Waals surface area contributed by atoms with Crippen molar-refractivity contribution in [1.82, 2.24) is 10.6 Å². The van der Waals surface area contributed by atoms with Crippen molar-refractivity contribution < 1.29 is 18.3 Å². The summed E-state index contributed by atoms with van der Waals surface area (Å²) in [5, 5.41) is 5.48. The minimum Gasteiger partial charge on any atom is -0.383 e. The Morgan fingerprint density at radius 1 is 1.35 bits per heavy atom. The van der Waals surface area contributed by atoms with E-state index in [-0.39, 0.29) is 23.6 Å². The lowest BCUT2D eigenvalue weighted by Crippen LogP contribution is -2.36. The van der Waals surface area contributed by atoms with E-state index in [4.69, 9.17) is 4.74 Å². The number of aryl methyl sites for hydroxylation is 1. The molecule has 0 aromatic heterocycles. The number of amides is 1. The molecule has 0 radical (unpaired) electrons. The van der Waals surface area contributed by atoms with Crippen molar-refractivity contribution in [3.8, 4) is 0 Å². The van der Waals surface area contributed by atoms with E-state index < -0.39 is 17.7 Å². The lowest BCUT2D eigenvalue weighted by molar-refractivity contribution is -0.120. The van der Waals surface area contributed by atoms with Crippen LogP contribution in [0.2, 0.25) is 0 Å². The Labute approximate surface area is 117 Å². The van der Waals surface area contributed by atoms with Crippen molar-refractivity contribution >= 4 is 5.91 Å². The fourth-order valence-corrected chi connectivity index (χ4v) is 1.70. The van der Waals surface area contributed by atoms with Gasteiger partial charge < -0.3 is 15.4 Å². The lowest BCUT2D eigenvalue weighted by atomic mass is 10.1. The predicted molar refractivity (Wildman–Crippen MR) is 72.4 cm³/mol. The van der Waals surface area contributed by atoms with E-state index >= 15 is 0 Å². The Bertz CT molecular complexity index is 467. The van der Waals surface area contributed by atoms with Crippen LogP contribution >= 0.6 is 0 Å². The number of benzene rings is 1. The monoisotopic (exact) mass is 286 g/mol. The molecule has 112 valence electrons. The number of hydrogen-bond acceptors (Lipinski definition) is 3. The van der Waals surface area contributed by atoms with Crippen LogP contribution in [0.4, 0.5) is 8.78 Å². The maximum atomic E-state index is 13.7. The molecule has 6 heteroatoms. The Morgan fingerprint density at radius 2 is 2.05 bits per heavy atom. The molecule has 0 aliphatic rings. The highest BCUT2D eigenvalue weighted by Gasteiger charge is 2.14. The number of methoxy groups -OCH3 is 1. The van der Waals surface area contributed by atoms with E-state index in [0.29, 0.717) is 13.2 Å². The molecule has 1 aromatic carbocycles. The van der Waals surface area contributed by atoms with E-state index in [1.54, 1.807) is 14.0 Å². The fourth-order valence-electron chi connectivity index (χ4n) is 1.70. The minimum atomic E-state index is -0.483. The Morgan fingerprint density at radius 3 is 2.70 bits per heavy atom. The molecule has 1 rings (SSSR count). The third-order valence-electron chi connectivity index (χ3n) is 2.94. The van der Waals surface area contributed by atoms with Gasteiger partial charge in [-0.25, -0.2) is 8.78 Å². The van der Waals surface area contributed by atoms with Crippen molar-refractivity contribution in [1.29, 1.82) is 0 Å². The zero-order valence-corrected chi connectivity index (χ0v) is 11.9. The molecule has 0 saturated heterocycles. The van der Waals surface area contributed by atoms with Crippen LogP contribution in [-0.2, 0) is 9.53 Å². The van der Waals surface area contributed by atoms with Gasteiger partial charge in [0.05, 0.1) is 13.2 Å². The Balaban J connectivity index is 2.52. The Hall–Kier alpha value is -1.53. The molecule has 0 fully saturated rings. The van der Waals surface area contributed by atoms with Gasteiger partial charge in [0.15, 0.2) is 0 Å². The molecule has 0 bridgehead atoms. The standard InChI is InChI=1S/C14H20F2N2O2/c1-9-6-13(16)11(7-12(9)15)10(2)18-8-14(19)17-4-5-20-3/h6-7,10,18H,4-5,8H2,1-3H3,(H,17,19). The summed E-state index contributed by atoms with van der Waals surface area (Å²) in [6, 6.07) is 1.85. The number of carbonyl (C=O) groups is 1. The zero-order valence-electron chi connectivity index (χ0n) is 11.9. The molecule has 0 aliphatic heterocycles. The summed E-state index contributed by atoms with van der Waals surface area (Å²) in [6.07, 6.45) is 0. The topological polar surface area (TPSA) is 50.4 Å². The predicted octanol–water partition coefficient (Wildman–Crippen LogP) is 1.69. The van der Waals surface area contributed by atoms with Gasteiger partial charge in [0.1, 0.15) is 11.6 Å². The maximum absolute atomic E-state index is 13.7. The molecule has 1 aromatic rings. The van der Waals surface area contributed by atoms with E-state index in [0.717, 1.165) is 12.1 Å². The summed E-state index contributed by atoms with van der Waals surface area (Å²) in [6.45, 7) is 4.05. The molecule has 1 amide bonds. The summed E-state index contributed by atoms with van der Waals surface area (Å²) in [5.41, 5.74) is 0.466. The van der Waals surface area contributed by atoms with Crippen molar-refractivity contribution in [3.63, 3.8) is 0 Å². The molecule has 0 aliphatic carbocycles. The number of carbonyl (C=O) groups excluding carboxylic acids is 1. The number of rotatable bonds is 7. The second-order valence-corrected chi connectivity index (χ2v) is 4.57. The van der Waals surface area contributed by atoms with Crippen LogP contribution in [0.5, 0.6) is 0 Å². The number of hydrogen-bond donors (Lipinski definition) is 2. The van der Waals surface area contributed by atoms with Crippen molar-refractivity contribution in [2.45, 2.75) is 19.9 Å². The summed E-state index contributed by atoms with van der Waals surface area (Å²) in [4.78, 5) is 11.5. The second-order valence-electron chi connectivity index (χ2n) is 4.57. The zero-order chi connectivity index (χ0) is 15.1. The first-order valence-electron chi connectivity index (χ1n) is 6.40. The van der Waals surface area contributed by atoms with Gasteiger partial charge in [0, 0.05) is 25.3 Å². The number of nitrogens with one attached hydrogen (secondary N) is 2. The van der Waals surface area contributed by atoms with Crippen LogP contribution in [0, 0.1) is 18.6 Å². The highest BCUT2D eigenvalue weighted by Crippen LogP contribution is 2.20. The third kappa shape index (κ3) is 4.86. The van der Waals surface area contributed by atoms with Crippen LogP contribution in [0.15, 0.2) is 12.1 Å². The van der Waals surface area contributed by atoms with Crippen molar-refractivity contribution in [2.24, 2.45) is 0 Å². The van der Waals surface area contributed by atoms with E-state index in [1.165, 1.54) is 6.92 Å². The van der Waals surface area contributed by atoms with Crippen molar-refractivity contribution in [3.05, 3.63) is 34.9 Å². The average molecular weight is 286 g/mol. The first-order chi connectivity index (χ1) is 9.45. The van der Waals surface area contributed by atoms with Crippen LogP contribution in [0.3, 0.4) is 0 Å². The van der Waals surface area contributed by atoms with Gasteiger partial charge in [0.25, 0.3) is 0 Å². The first kappa shape index (κ1) is 16.5. The second kappa shape index (κ2) is 7.91. The maximum Gasteiger partial charge on any atom is 0.234 e. The van der Waals surface area contributed by atoms with Crippen LogP contribution in [-0.4, -0.2) is 32.7 Å². The highest BCUT2D eigenvalue weighted by atomic mass is 19.1. The van der Waals surface area contributed by atoms with Crippen LogP contribution < -0.4 is 10.6 Å². The molecule has 1 unspecified atom stereocenters. The van der Waals surface area contributed by atoms with Crippen molar-refractivity contribution in [2.75, 3.05) is 26.8 Å². The average Bonchev–Trinajstić information content (AvgIpc) is 2.40. The Kier molecular flexibility index (Phi) is 6.54. The van der Waals surface area contributed by atoms with E-state index in [1.807, 2.05) is 0 Å². The fraction of sp³-hybridized carbons (Fsp3) is 0.500. The summed E-state index contributed by atoms with van der Waals surface area (Å²) in [5.74, 6) is -1.16. The van der Waals surface area contributed by atoms with Gasteiger partial charge >= 0.3 is 0 Å². The van der Waals surface area contributed by atoms with E-state index in [9.17, 15) is 13.6 Å². The molecule has 20 heavy (non-hydrogen) atoms. The molecular weight excluding hydrogens is 266 g/mol. The molecular formula is C14H20F2N2O2. The van der Waals surface area contributed by atoms with Gasteiger partial charge in [-0.15, -0.1) is 0 Å². The van der Waals surface area contributed by atoms with Gasteiger partial charge in [-0.3, -0.25) is 4.79 Å². The minimum absolute atomic E-state index is 0.0276. The van der Waals surface area contributed by atoms with Gasteiger partial charge in [-0.2, -0.15) is 0 Å². The highest BCUT2D eigenvalue weighted by molar-refractivity contribution is 5.78. The van der Waals surface area contributed by atoms with Crippen LogP contribution in [0.1, 0.15) is 24.1 Å². The molecule has 0 heterocycles. The molecule has 4 nitrogen and oxygen atoms in total. The van der Waals surface area contributed by atoms with Gasteiger partial charge in [-0.1, -0.05) is 0 Å². The molecule has 0 saturated carbocycles. The quantitative estimate of drug-likeness (QED) is 0.750. The third-order valence-corrected chi connectivity index (χ3v) is 2.94. The molecule has 0 spiro atoms. The van der Waals surface area contributed by atoms with Crippen LogP contribution in [0.25, 0.3) is 0 Å². The normalized spacial score (nSPS) is 12.2. The largest absolute Gasteiger partial charge is 0.383 e. The smallest absolute Gasteiger partial charge is 0.234 e. The number of halogens is 2. The molecule has 1 atom stereocenters. The summed E-state index contributed by atoms with van der Waals surface area (Å²) < 4.78 is 32.0. The summed E-state index contributed by atoms with van der Waals surface area (Å²) >= 11 is 0. The lowest BCUT2D eigenvalue weighted by Gasteiger charge is -2.15. The molecule has 2 N–H and O–H groups in total.